The van der Waals surface area contributed by atoms with Gasteiger partial charge in [0.15, 0.2) is 0 Å². The Morgan fingerprint density at radius 3 is 2.94 bits per heavy atom. The fourth-order valence-corrected chi connectivity index (χ4v) is 3.19. The minimum Gasteiger partial charge on any atom is -0.278 e. The van der Waals surface area contributed by atoms with E-state index in [1.165, 1.54) is 49.4 Å². The molecule has 82 valence electrons. The molecule has 2 heteroatoms. The lowest BCUT2D eigenvalue weighted by Gasteiger charge is -2.20. The summed E-state index contributed by atoms with van der Waals surface area (Å²) in [5.41, 5.74) is 6.15. The zero-order valence-electron chi connectivity index (χ0n) is 9.42. The van der Waals surface area contributed by atoms with Gasteiger partial charge in [0.25, 0.3) is 0 Å². The highest BCUT2D eigenvalue weighted by atomic mass is 15.1. The quantitative estimate of drug-likeness (QED) is 0.771. The number of nitrogens with zero attached hydrogens (tertiary/aromatic N) is 1. The average Bonchev–Trinajstić information content (AvgIpc) is 3.04. The summed E-state index contributed by atoms with van der Waals surface area (Å²) < 4.78 is 0. The van der Waals surface area contributed by atoms with Crippen molar-refractivity contribution >= 4 is 10.9 Å². The van der Waals surface area contributed by atoms with Gasteiger partial charge < -0.3 is 0 Å². The van der Waals surface area contributed by atoms with Gasteiger partial charge in [-0.2, -0.15) is 5.10 Å². The standard InChI is InChI=1S/C14H16N2/c1-2-4-11-10(3-1)7-13-12(8-15-16-13)14(11)9-5-6-9/h7-9H,1-6H2,(H,15,16). The molecule has 0 spiro atoms. The third-order valence-corrected chi connectivity index (χ3v) is 4.10. The summed E-state index contributed by atoms with van der Waals surface area (Å²) in [5.74, 6) is 0.841. The molecular weight excluding hydrogens is 196 g/mol. The van der Waals surface area contributed by atoms with Crippen molar-refractivity contribution in [2.75, 3.05) is 0 Å². The van der Waals surface area contributed by atoms with E-state index < -0.39 is 0 Å². The van der Waals surface area contributed by atoms with Crippen molar-refractivity contribution in [2.45, 2.75) is 44.4 Å². The zero-order chi connectivity index (χ0) is 10.5. The molecule has 2 aliphatic rings. The van der Waals surface area contributed by atoms with Gasteiger partial charge in [-0.15, -0.1) is 0 Å². The van der Waals surface area contributed by atoms with Gasteiger partial charge in [-0.3, -0.25) is 5.10 Å². The lowest BCUT2D eigenvalue weighted by atomic mass is 9.85. The van der Waals surface area contributed by atoms with Crippen molar-refractivity contribution in [2.24, 2.45) is 0 Å². The number of hydrogen-bond acceptors (Lipinski definition) is 1. The van der Waals surface area contributed by atoms with Crippen LogP contribution < -0.4 is 0 Å². The highest BCUT2D eigenvalue weighted by Crippen LogP contribution is 2.46. The predicted molar refractivity (Wildman–Crippen MR) is 64.7 cm³/mol. The van der Waals surface area contributed by atoms with Gasteiger partial charge in [0.1, 0.15) is 0 Å². The van der Waals surface area contributed by atoms with Gasteiger partial charge in [-0.1, -0.05) is 0 Å². The van der Waals surface area contributed by atoms with Crippen LogP contribution in [0, 0.1) is 0 Å². The third-order valence-electron chi connectivity index (χ3n) is 4.10. The fraction of sp³-hybridized carbons (Fsp3) is 0.500. The van der Waals surface area contributed by atoms with Crippen LogP contribution in [0.4, 0.5) is 0 Å². The molecule has 2 nitrogen and oxygen atoms in total. The first-order chi connectivity index (χ1) is 7.93. The highest BCUT2D eigenvalue weighted by Gasteiger charge is 2.30. The molecule has 0 amide bonds. The van der Waals surface area contributed by atoms with Crippen LogP contribution in [0.2, 0.25) is 0 Å². The molecule has 2 aliphatic carbocycles. The van der Waals surface area contributed by atoms with E-state index in [0.29, 0.717) is 0 Å². The third kappa shape index (κ3) is 1.16. The minimum absolute atomic E-state index is 0.841. The molecule has 4 rings (SSSR count). The van der Waals surface area contributed by atoms with Crippen molar-refractivity contribution < 1.29 is 0 Å². The van der Waals surface area contributed by atoms with E-state index in [9.17, 15) is 0 Å². The molecule has 0 radical (unpaired) electrons. The Bertz CT molecular complexity index is 549. The first-order valence-corrected chi connectivity index (χ1v) is 6.41. The minimum atomic E-state index is 0.841. The van der Waals surface area contributed by atoms with Crippen LogP contribution >= 0.6 is 0 Å². The second-order valence-corrected chi connectivity index (χ2v) is 5.24. The van der Waals surface area contributed by atoms with Crippen LogP contribution in [0.5, 0.6) is 0 Å². The van der Waals surface area contributed by atoms with E-state index in [1.54, 1.807) is 16.7 Å². The smallest absolute Gasteiger partial charge is 0.0656 e. The van der Waals surface area contributed by atoms with Gasteiger partial charge in [0.05, 0.1) is 11.7 Å². The zero-order valence-corrected chi connectivity index (χ0v) is 9.42. The molecule has 1 fully saturated rings. The highest BCUT2D eigenvalue weighted by molar-refractivity contribution is 5.85. The Morgan fingerprint density at radius 2 is 2.06 bits per heavy atom. The Morgan fingerprint density at radius 1 is 1.19 bits per heavy atom. The first-order valence-electron chi connectivity index (χ1n) is 6.41. The number of hydrogen-bond donors (Lipinski definition) is 1. The van der Waals surface area contributed by atoms with Gasteiger partial charge in [-0.25, -0.2) is 0 Å². The maximum Gasteiger partial charge on any atom is 0.0656 e. The van der Waals surface area contributed by atoms with Gasteiger partial charge in [0.2, 0.25) is 0 Å². The molecule has 0 saturated heterocycles. The van der Waals surface area contributed by atoms with Crippen LogP contribution in [0.15, 0.2) is 12.3 Å². The van der Waals surface area contributed by atoms with E-state index >= 15 is 0 Å². The Kier molecular flexibility index (Phi) is 1.70. The lowest BCUT2D eigenvalue weighted by Crippen LogP contribution is -2.06. The Balaban J connectivity index is 2.06. The van der Waals surface area contributed by atoms with E-state index in [4.69, 9.17) is 0 Å². The topological polar surface area (TPSA) is 28.7 Å². The largest absolute Gasteiger partial charge is 0.278 e. The van der Waals surface area contributed by atoms with E-state index in [1.807, 2.05) is 6.20 Å². The average molecular weight is 212 g/mol. The van der Waals surface area contributed by atoms with Crippen LogP contribution in [0.1, 0.15) is 48.3 Å². The number of aryl methyl sites for hydroxylation is 1. The summed E-state index contributed by atoms with van der Waals surface area (Å²) in [7, 11) is 0. The number of nitrogens with one attached hydrogen (secondary N) is 1. The van der Waals surface area contributed by atoms with Crippen molar-refractivity contribution in [3.05, 3.63) is 29.0 Å². The number of benzene rings is 1. The molecule has 0 unspecified atom stereocenters. The number of aromatic amines is 1. The maximum absolute atomic E-state index is 4.22. The second-order valence-electron chi connectivity index (χ2n) is 5.24. The lowest BCUT2D eigenvalue weighted by molar-refractivity contribution is 0.680. The van der Waals surface area contributed by atoms with Crippen LogP contribution in [-0.4, -0.2) is 10.2 Å². The van der Waals surface area contributed by atoms with Crippen molar-refractivity contribution in [3.8, 4) is 0 Å². The van der Waals surface area contributed by atoms with Crippen molar-refractivity contribution in [1.82, 2.24) is 10.2 Å². The molecule has 1 aromatic carbocycles. The van der Waals surface area contributed by atoms with Gasteiger partial charge in [0, 0.05) is 5.39 Å². The van der Waals surface area contributed by atoms with Crippen molar-refractivity contribution in [3.63, 3.8) is 0 Å². The number of H-pyrrole nitrogens is 1. The van der Waals surface area contributed by atoms with E-state index in [2.05, 4.69) is 16.3 Å². The van der Waals surface area contributed by atoms with Crippen molar-refractivity contribution in [1.29, 1.82) is 0 Å². The van der Waals surface area contributed by atoms with Gasteiger partial charge >= 0.3 is 0 Å². The predicted octanol–water partition coefficient (Wildman–Crippen LogP) is 3.32. The molecule has 0 atom stereocenters. The van der Waals surface area contributed by atoms with E-state index in [-0.39, 0.29) is 0 Å². The molecule has 1 N–H and O–H groups in total. The number of aromatic nitrogens is 2. The van der Waals surface area contributed by atoms with Crippen LogP contribution in [0.3, 0.4) is 0 Å². The summed E-state index contributed by atoms with van der Waals surface area (Å²) in [5, 5.41) is 8.75. The number of fused-ring (bicyclic) bond motifs is 2. The molecule has 1 heterocycles. The van der Waals surface area contributed by atoms with Crippen LogP contribution in [0.25, 0.3) is 10.9 Å². The fourth-order valence-electron chi connectivity index (χ4n) is 3.19. The molecule has 0 bridgehead atoms. The molecule has 1 aromatic heterocycles. The van der Waals surface area contributed by atoms with Crippen LogP contribution in [-0.2, 0) is 12.8 Å². The first kappa shape index (κ1) is 8.80. The molecule has 1 saturated carbocycles. The second kappa shape index (κ2) is 3.09. The normalized spacial score (nSPS) is 20.0. The molecule has 16 heavy (non-hydrogen) atoms. The Labute approximate surface area is 95.1 Å². The summed E-state index contributed by atoms with van der Waals surface area (Å²) in [6.45, 7) is 0. The maximum atomic E-state index is 4.22. The monoisotopic (exact) mass is 212 g/mol. The summed E-state index contributed by atoms with van der Waals surface area (Å²) in [6.07, 6.45) is 10.1. The summed E-state index contributed by atoms with van der Waals surface area (Å²) in [4.78, 5) is 0. The number of rotatable bonds is 1. The Hall–Kier alpha value is -1.31. The molecule has 0 aliphatic heterocycles. The summed E-state index contributed by atoms with van der Waals surface area (Å²) >= 11 is 0. The molecular formula is C14H16N2. The van der Waals surface area contributed by atoms with E-state index in [0.717, 1.165) is 5.92 Å². The molecule has 2 aromatic rings. The van der Waals surface area contributed by atoms with Gasteiger partial charge in [-0.05, 0) is 67.2 Å². The SMILES string of the molecule is c1c2c(c(C3CC3)c3cn[nH]c13)CCCC2. The summed E-state index contributed by atoms with van der Waals surface area (Å²) in [6, 6.07) is 2.34.